The van der Waals surface area contributed by atoms with Crippen LogP contribution in [0.1, 0.15) is 45.2 Å². The van der Waals surface area contributed by atoms with Crippen molar-refractivity contribution in [2.75, 3.05) is 0 Å². The maximum atomic E-state index is 12.2. The summed E-state index contributed by atoms with van der Waals surface area (Å²) in [6.45, 7) is 5.95. The van der Waals surface area contributed by atoms with Crippen molar-refractivity contribution in [3.8, 4) is 0 Å². The number of benzene rings is 1. The van der Waals surface area contributed by atoms with Crippen LogP contribution in [-0.4, -0.2) is 10.8 Å². The van der Waals surface area contributed by atoms with Gasteiger partial charge in [-0.15, -0.1) is 11.3 Å². The van der Waals surface area contributed by atoms with Crippen molar-refractivity contribution in [3.63, 3.8) is 0 Å². The van der Waals surface area contributed by atoms with Gasteiger partial charge in [0.1, 0.15) is 10.7 Å². The van der Waals surface area contributed by atoms with Gasteiger partial charge in [-0.3, -0.25) is 4.79 Å². The first-order valence-electron chi connectivity index (χ1n) is 6.27. The SMILES string of the molecule is Cc1cc(C)cc(CC(=O)c2csc(C(C)N)n2)c1. The Bertz CT molecular complexity index is 582. The number of thiazole rings is 1. The van der Waals surface area contributed by atoms with E-state index in [1.807, 2.05) is 32.9 Å². The van der Waals surface area contributed by atoms with E-state index in [-0.39, 0.29) is 11.8 Å². The lowest BCUT2D eigenvalue weighted by Crippen LogP contribution is -2.07. The molecule has 100 valence electrons. The van der Waals surface area contributed by atoms with Gasteiger partial charge in [0.15, 0.2) is 5.78 Å². The second-order valence-electron chi connectivity index (χ2n) is 4.96. The number of carbonyl (C=O) groups excluding carboxylic acids is 1. The number of carbonyl (C=O) groups is 1. The highest BCUT2D eigenvalue weighted by atomic mass is 32.1. The van der Waals surface area contributed by atoms with E-state index in [4.69, 9.17) is 5.73 Å². The molecular weight excluding hydrogens is 256 g/mol. The summed E-state index contributed by atoms with van der Waals surface area (Å²) >= 11 is 1.45. The molecule has 4 heteroatoms. The molecule has 19 heavy (non-hydrogen) atoms. The molecule has 0 radical (unpaired) electrons. The molecule has 0 fully saturated rings. The number of hydrogen-bond donors (Lipinski definition) is 1. The van der Waals surface area contributed by atoms with E-state index in [1.165, 1.54) is 22.5 Å². The number of rotatable bonds is 4. The van der Waals surface area contributed by atoms with Crippen molar-refractivity contribution in [1.29, 1.82) is 0 Å². The van der Waals surface area contributed by atoms with Gasteiger partial charge >= 0.3 is 0 Å². The minimum Gasteiger partial charge on any atom is -0.322 e. The first-order chi connectivity index (χ1) is 8.95. The molecule has 0 saturated heterocycles. The summed E-state index contributed by atoms with van der Waals surface area (Å²) < 4.78 is 0. The Morgan fingerprint density at radius 2 is 1.95 bits per heavy atom. The predicted octanol–water partition coefficient (Wildman–Crippen LogP) is 3.21. The Kier molecular flexibility index (Phi) is 4.12. The van der Waals surface area contributed by atoms with Gasteiger partial charge < -0.3 is 5.73 Å². The zero-order valence-corrected chi connectivity index (χ0v) is 12.3. The maximum absolute atomic E-state index is 12.2. The molecule has 0 aliphatic rings. The monoisotopic (exact) mass is 274 g/mol. The van der Waals surface area contributed by atoms with E-state index >= 15 is 0 Å². The van der Waals surface area contributed by atoms with Crippen molar-refractivity contribution < 1.29 is 4.79 Å². The van der Waals surface area contributed by atoms with Crippen LogP contribution < -0.4 is 5.73 Å². The number of nitrogens with two attached hydrogens (primary N) is 1. The van der Waals surface area contributed by atoms with Crippen molar-refractivity contribution in [2.24, 2.45) is 5.73 Å². The van der Waals surface area contributed by atoms with Crippen LogP contribution in [0.4, 0.5) is 0 Å². The van der Waals surface area contributed by atoms with Crippen LogP contribution in [0.15, 0.2) is 23.6 Å². The summed E-state index contributed by atoms with van der Waals surface area (Å²) in [6.07, 6.45) is 0.393. The fraction of sp³-hybridized carbons (Fsp3) is 0.333. The Hall–Kier alpha value is -1.52. The zero-order chi connectivity index (χ0) is 14.0. The van der Waals surface area contributed by atoms with E-state index in [0.29, 0.717) is 12.1 Å². The van der Waals surface area contributed by atoms with Crippen molar-refractivity contribution in [1.82, 2.24) is 4.98 Å². The summed E-state index contributed by atoms with van der Waals surface area (Å²) in [5, 5.41) is 2.60. The lowest BCUT2D eigenvalue weighted by molar-refractivity contribution is 0.0988. The Balaban J connectivity index is 2.15. The van der Waals surface area contributed by atoms with Crippen LogP contribution in [-0.2, 0) is 6.42 Å². The molecule has 1 heterocycles. The average Bonchev–Trinajstić information content (AvgIpc) is 2.76. The number of ketones is 1. The van der Waals surface area contributed by atoms with Crippen molar-refractivity contribution in [2.45, 2.75) is 33.2 Å². The minimum atomic E-state index is -0.118. The molecule has 1 atom stereocenters. The molecule has 0 aliphatic heterocycles. The summed E-state index contributed by atoms with van der Waals surface area (Å²) in [5.41, 5.74) is 9.68. The highest BCUT2D eigenvalue weighted by Gasteiger charge is 2.13. The number of Topliss-reactive ketones (excluding diaryl/α,β-unsaturated/α-hetero) is 1. The smallest absolute Gasteiger partial charge is 0.186 e. The fourth-order valence-corrected chi connectivity index (χ4v) is 2.85. The zero-order valence-electron chi connectivity index (χ0n) is 11.4. The van der Waals surface area contributed by atoms with Gasteiger partial charge in [0.25, 0.3) is 0 Å². The third-order valence-electron chi connectivity index (χ3n) is 2.84. The average molecular weight is 274 g/mol. The van der Waals surface area contributed by atoms with Crippen LogP contribution >= 0.6 is 11.3 Å². The molecule has 1 aromatic heterocycles. The summed E-state index contributed by atoms with van der Waals surface area (Å²) in [4.78, 5) is 16.5. The Labute approximate surface area is 117 Å². The van der Waals surface area contributed by atoms with Crippen molar-refractivity contribution >= 4 is 17.1 Å². The predicted molar refractivity (Wildman–Crippen MR) is 78.7 cm³/mol. The molecule has 1 unspecified atom stereocenters. The van der Waals surface area contributed by atoms with Crippen LogP contribution in [0, 0.1) is 13.8 Å². The quantitative estimate of drug-likeness (QED) is 0.871. The lowest BCUT2D eigenvalue weighted by atomic mass is 10.0. The van der Waals surface area contributed by atoms with Crippen LogP contribution in [0.3, 0.4) is 0 Å². The van der Waals surface area contributed by atoms with E-state index in [0.717, 1.165) is 10.6 Å². The molecule has 1 aromatic carbocycles. The Morgan fingerprint density at radius 1 is 1.32 bits per heavy atom. The molecular formula is C15H18N2OS. The topological polar surface area (TPSA) is 56.0 Å². The van der Waals surface area contributed by atoms with Gasteiger partial charge in [-0.2, -0.15) is 0 Å². The highest BCUT2D eigenvalue weighted by Crippen LogP contribution is 2.18. The van der Waals surface area contributed by atoms with Gasteiger partial charge in [-0.25, -0.2) is 4.98 Å². The molecule has 0 spiro atoms. The van der Waals surface area contributed by atoms with Gasteiger partial charge in [0.2, 0.25) is 0 Å². The summed E-state index contributed by atoms with van der Waals surface area (Å²) in [6, 6.07) is 6.08. The van der Waals surface area contributed by atoms with E-state index in [2.05, 4.69) is 11.1 Å². The molecule has 0 bridgehead atoms. The number of nitrogens with zero attached hydrogens (tertiary/aromatic N) is 1. The van der Waals surface area contributed by atoms with Gasteiger partial charge in [0, 0.05) is 11.8 Å². The van der Waals surface area contributed by atoms with E-state index in [9.17, 15) is 4.79 Å². The van der Waals surface area contributed by atoms with Crippen LogP contribution in [0.2, 0.25) is 0 Å². The highest BCUT2D eigenvalue weighted by molar-refractivity contribution is 7.09. The Morgan fingerprint density at radius 3 is 2.47 bits per heavy atom. The molecule has 0 amide bonds. The molecule has 0 saturated carbocycles. The second kappa shape index (κ2) is 5.63. The minimum absolute atomic E-state index is 0.0492. The second-order valence-corrected chi connectivity index (χ2v) is 5.85. The number of aryl methyl sites for hydroxylation is 2. The standard InChI is InChI=1S/C15H18N2OS/c1-9-4-10(2)6-12(5-9)7-14(18)13-8-19-15(17-13)11(3)16/h4-6,8,11H,7,16H2,1-3H3. The molecule has 3 nitrogen and oxygen atoms in total. The van der Waals surface area contributed by atoms with Gasteiger partial charge in [-0.1, -0.05) is 29.3 Å². The van der Waals surface area contributed by atoms with Gasteiger partial charge in [0.05, 0.1) is 6.04 Å². The first kappa shape index (κ1) is 13.9. The maximum Gasteiger partial charge on any atom is 0.186 e. The van der Waals surface area contributed by atoms with Gasteiger partial charge in [-0.05, 0) is 26.3 Å². The number of hydrogen-bond acceptors (Lipinski definition) is 4. The van der Waals surface area contributed by atoms with Crippen LogP contribution in [0.5, 0.6) is 0 Å². The molecule has 2 aromatic rings. The van der Waals surface area contributed by atoms with E-state index < -0.39 is 0 Å². The third-order valence-corrected chi connectivity index (χ3v) is 3.89. The largest absolute Gasteiger partial charge is 0.322 e. The molecule has 0 aliphatic carbocycles. The van der Waals surface area contributed by atoms with E-state index in [1.54, 1.807) is 5.38 Å². The fourth-order valence-electron chi connectivity index (χ4n) is 2.07. The summed E-state index contributed by atoms with van der Waals surface area (Å²) in [5.74, 6) is 0.0492. The molecule has 2 N–H and O–H groups in total. The van der Waals surface area contributed by atoms with Crippen molar-refractivity contribution in [3.05, 3.63) is 51.0 Å². The molecule has 2 rings (SSSR count). The number of aromatic nitrogens is 1. The summed E-state index contributed by atoms with van der Waals surface area (Å²) in [7, 11) is 0. The normalized spacial score (nSPS) is 12.4. The van der Waals surface area contributed by atoms with Crippen LogP contribution in [0.25, 0.3) is 0 Å². The third kappa shape index (κ3) is 3.49. The lowest BCUT2D eigenvalue weighted by Gasteiger charge is -2.03. The first-order valence-corrected chi connectivity index (χ1v) is 7.15.